The summed E-state index contributed by atoms with van der Waals surface area (Å²) < 4.78 is 10.5. The molecule has 0 bridgehead atoms. The van der Waals surface area contributed by atoms with Gasteiger partial charge in [0.2, 0.25) is 0 Å². The van der Waals surface area contributed by atoms with Crippen LogP contribution in [0.1, 0.15) is 34.0 Å². The zero-order chi connectivity index (χ0) is 20.8. The average molecular weight is 397 g/mol. The van der Waals surface area contributed by atoms with Crippen molar-refractivity contribution in [1.82, 2.24) is 10.9 Å². The van der Waals surface area contributed by atoms with Gasteiger partial charge in [-0.2, -0.15) is 0 Å². The number of nitrogens with zero attached hydrogens (tertiary/aromatic N) is 1. The van der Waals surface area contributed by atoms with Crippen molar-refractivity contribution in [2.24, 2.45) is 0 Å². The van der Waals surface area contributed by atoms with Gasteiger partial charge in [-0.15, -0.1) is 0 Å². The number of nitro benzene ring substituents is 1. The summed E-state index contributed by atoms with van der Waals surface area (Å²) >= 11 is 0. The van der Waals surface area contributed by atoms with E-state index in [0.29, 0.717) is 22.4 Å². The summed E-state index contributed by atoms with van der Waals surface area (Å²) in [4.78, 5) is 34.7. The summed E-state index contributed by atoms with van der Waals surface area (Å²) in [7, 11) is 0. The predicted octanol–water partition coefficient (Wildman–Crippen LogP) is 2.50. The molecule has 0 aliphatic carbocycles. The highest BCUT2D eigenvalue weighted by Crippen LogP contribution is 2.33. The molecule has 2 aromatic carbocycles. The molecule has 0 atom stereocenters. The van der Waals surface area contributed by atoms with Crippen molar-refractivity contribution in [2.75, 3.05) is 6.79 Å². The van der Waals surface area contributed by atoms with Crippen molar-refractivity contribution in [3.8, 4) is 5.75 Å². The Bertz CT molecular complexity index is 969. The number of carbonyl (C=O) groups excluding carboxylic acids is 2. The van der Waals surface area contributed by atoms with Gasteiger partial charge in [0.15, 0.2) is 6.79 Å². The molecule has 0 unspecified atom stereocenters. The first-order chi connectivity index (χ1) is 14.0. The minimum absolute atomic E-state index is 0.0186. The monoisotopic (exact) mass is 397 g/mol. The molecule has 0 aromatic heterocycles. The minimum atomic E-state index is -0.601. The van der Waals surface area contributed by atoms with Crippen LogP contribution in [-0.2, 0) is 22.6 Å². The van der Waals surface area contributed by atoms with Crippen LogP contribution in [0.5, 0.6) is 5.75 Å². The molecule has 2 aromatic rings. The fourth-order valence-corrected chi connectivity index (χ4v) is 2.75. The van der Waals surface area contributed by atoms with Crippen molar-refractivity contribution < 1.29 is 24.0 Å². The van der Waals surface area contributed by atoms with Crippen molar-refractivity contribution in [1.29, 1.82) is 0 Å². The zero-order valence-corrected chi connectivity index (χ0v) is 15.6. The van der Waals surface area contributed by atoms with E-state index in [2.05, 4.69) is 10.9 Å². The Labute approximate surface area is 166 Å². The Morgan fingerprint density at radius 3 is 2.66 bits per heavy atom. The normalized spacial score (nSPS) is 12.7. The number of benzene rings is 2. The second-order valence-electron chi connectivity index (χ2n) is 6.22. The lowest BCUT2D eigenvalue weighted by atomic mass is 10.1. The molecule has 0 saturated heterocycles. The van der Waals surface area contributed by atoms with Gasteiger partial charge in [-0.3, -0.25) is 30.6 Å². The van der Waals surface area contributed by atoms with Gasteiger partial charge in [-0.1, -0.05) is 19.1 Å². The number of hydrogen-bond acceptors (Lipinski definition) is 6. The molecule has 29 heavy (non-hydrogen) atoms. The van der Waals surface area contributed by atoms with Crippen LogP contribution in [0.3, 0.4) is 0 Å². The molecular formula is C20H19N3O6. The third-order valence-corrected chi connectivity index (χ3v) is 4.27. The van der Waals surface area contributed by atoms with Crippen LogP contribution < -0.4 is 15.6 Å². The highest BCUT2D eigenvalue weighted by Gasteiger charge is 2.19. The molecule has 0 saturated carbocycles. The molecule has 150 valence electrons. The van der Waals surface area contributed by atoms with Gasteiger partial charge in [0.05, 0.1) is 11.5 Å². The molecule has 2 amide bonds. The van der Waals surface area contributed by atoms with Gasteiger partial charge in [-0.25, -0.2) is 0 Å². The summed E-state index contributed by atoms with van der Waals surface area (Å²) in [5.74, 6) is -0.635. The average Bonchev–Trinajstić information content (AvgIpc) is 2.75. The van der Waals surface area contributed by atoms with Crippen LogP contribution in [0.25, 0.3) is 6.08 Å². The second kappa shape index (κ2) is 8.98. The molecule has 3 rings (SSSR count). The first kappa shape index (κ1) is 20.0. The molecule has 0 fully saturated rings. The minimum Gasteiger partial charge on any atom is -0.467 e. The number of rotatable bonds is 5. The number of amides is 2. The fraction of sp³-hybridized carbons (Fsp3) is 0.200. The first-order valence-corrected chi connectivity index (χ1v) is 8.87. The number of aryl methyl sites for hydroxylation is 1. The third-order valence-electron chi connectivity index (χ3n) is 4.27. The van der Waals surface area contributed by atoms with Crippen molar-refractivity contribution in [3.63, 3.8) is 0 Å². The molecule has 9 nitrogen and oxygen atoms in total. The zero-order valence-electron chi connectivity index (χ0n) is 15.6. The third kappa shape index (κ3) is 4.96. The topological polar surface area (TPSA) is 120 Å². The van der Waals surface area contributed by atoms with Crippen molar-refractivity contribution in [2.45, 2.75) is 20.0 Å². The highest BCUT2D eigenvalue weighted by atomic mass is 16.7. The summed E-state index contributed by atoms with van der Waals surface area (Å²) in [6.07, 6.45) is 3.40. The Balaban J connectivity index is 1.66. The lowest BCUT2D eigenvalue weighted by Gasteiger charge is -2.19. The van der Waals surface area contributed by atoms with E-state index in [1.165, 1.54) is 18.2 Å². The maximum absolute atomic E-state index is 12.1. The number of hydrazine groups is 1. The van der Waals surface area contributed by atoms with Gasteiger partial charge in [-0.05, 0) is 30.2 Å². The SMILES string of the molecule is CCc1ccc(C(=O)NNC(=O)/C=C/c2cc([N+](=O)[O-])cc3c2OCOC3)cc1. The van der Waals surface area contributed by atoms with Crippen LogP contribution in [0.4, 0.5) is 5.69 Å². The molecule has 1 aliphatic heterocycles. The molecule has 1 aliphatic rings. The van der Waals surface area contributed by atoms with Gasteiger partial charge < -0.3 is 9.47 Å². The number of fused-ring (bicyclic) bond motifs is 1. The molecular weight excluding hydrogens is 378 g/mol. The van der Waals surface area contributed by atoms with Crippen LogP contribution >= 0.6 is 0 Å². The summed E-state index contributed by atoms with van der Waals surface area (Å²) in [6, 6.07) is 9.70. The van der Waals surface area contributed by atoms with Gasteiger partial charge in [0.1, 0.15) is 5.75 Å². The van der Waals surface area contributed by atoms with E-state index in [1.807, 2.05) is 19.1 Å². The van der Waals surface area contributed by atoms with Crippen LogP contribution in [0.2, 0.25) is 0 Å². The number of hydrogen-bond donors (Lipinski definition) is 2. The molecule has 0 radical (unpaired) electrons. The highest BCUT2D eigenvalue weighted by molar-refractivity contribution is 5.98. The van der Waals surface area contributed by atoms with Gasteiger partial charge >= 0.3 is 0 Å². The number of non-ortho nitro benzene ring substituents is 1. The van der Waals surface area contributed by atoms with Gasteiger partial charge in [0.25, 0.3) is 17.5 Å². The van der Waals surface area contributed by atoms with Crippen LogP contribution in [0.15, 0.2) is 42.5 Å². The lowest BCUT2D eigenvalue weighted by molar-refractivity contribution is -0.385. The van der Waals surface area contributed by atoms with Crippen LogP contribution in [-0.4, -0.2) is 23.5 Å². The van der Waals surface area contributed by atoms with Crippen molar-refractivity contribution >= 4 is 23.6 Å². The quantitative estimate of drug-likeness (QED) is 0.454. The predicted molar refractivity (Wildman–Crippen MR) is 104 cm³/mol. The van der Waals surface area contributed by atoms with E-state index in [9.17, 15) is 19.7 Å². The van der Waals surface area contributed by atoms with Crippen molar-refractivity contribution in [3.05, 3.63) is 74.8 Å². The number of ether oxygens (including phenoxy) is 2. The van der Waals surface area contributed by atoms with E-state index in [4.69, 9.17) is 9.47 Å². The number of carbonyl (C=O) groups is 2. The summed E-state index contributed by atoms with van der Waals surface area (Å²) in [5.41, 5.74) is 6.85. The van der Waals surface area contributed by atoms with Crippen LogP contribution in [0, 0.1) is 10.1 Å². The molecule has 2 N–H and O–H groups in total. The maximum atomic E-state index is 12.1. The standard InChI is InChI=1S/C20H19N3O6/c1-2-13-3-5-14(6-4-13)20(25)22-21-18(24)8-7-15-9-17(23(26)27)10-16-11-28-12-29-19(15)16/h3-10H,2,11-12H2,1H3,(H,21,24)(H,22,25)/b8-7+. The Morgan fingerprint density at radius 1 is 1.21 bits per heavy atom. The van der Waals surface area contributed by atoms with E-state index in [-0.39, 0.29) is 19.1 Å². The van der Waals surface area contributed by atoms with E-state index >= 15 is 0 Å². The first-order valence-electron chi connectivity index (χ1n) is 8.87. The maximum Gasteiger partial charge on any atom is 0.270 e. The van der Waals surface area contributed by atoms with E-state index < -0.39 is 16.7 Å². The molecule has 1 heterocycles. The second-order valence-corrected chi connectivity index (χ2v) is 6.22. The summed E-state index contributed by atoms with van der Waals surface area (Å²) in [6.45, 7) is 2.21. The Morgan fingerprint density at radius 2 is 1.97 bits per heavy atom. The Hall–Kier alpha value is -3.72. The Kier molecular flexibility index (Phi) is 6.20. The van der Waals surface area contributed by atoms with E-state index in [1.54, 1.807) is 12.1 Å². The van der Waals surface area contributed by atoms with E-state index in [0.717, 1.165) is 18.1 Å². The lowest BCUT2D eigenvalue weighted by Crippen LogP contribution is -2.40. The fourth-order valence-electron chi connectivity index (χ4n) is 2.75. The smallest absolute Gasteiger partial charge is 0.270 e. The van der Waals surface area contributed by atoms with Gasteiger partial charge in [0, 0.05) is 34.9 Å². The number of nitro groups is 1. The summed E-state index contributed by atoms with van der Waals surface area (Å²) in [5, 5.41) is 11.1. The molecule has 0 spiro atoms. The molecule has 9 heteroatoms. The number of nitrogens with one attached hydrogen (secondary N) is 2. The largest absolute Gasteiger partial charge is 0.467 e.